The Morgan fingerprint density at radius 2 is 2.25 bits per heavy atom. The van der Waals surface area contributed by atoms with Gasteiger partial charge in [0.1, 0.15) is 0 Å². The summed E-state index contributed by atoms with van der Waals surface area (Å²) in [5, 5.41) is 0. The van der Waals surface area contributed by atoms with Crippen molar-refractivity contribution in [1.29, 1.82) is 0 Å². The molecule has 0 aromatic rings. The van der Waals surface area contributed by atoms with Crippen molar-refractivity contribution in [2.45, 2.75) is 50.2 Å². The van der Waals surface area contributed by atoms with Gasteiger partial charge in [0.15, 0.2) is 5.78 Å². The Balaban J connectivity index is 1.86. The summed E-state index contributed by atoms with van der Waals surface area (Å²) in [5.41, 5.74) is 6.03. The second-order valence-electron chi connectivity index (χ2n) is 5.98. The van der Waals surface area contributed by atoms with Gasteiger partial charge in [-0.3, -0.25) is 4.79 Å². The Hall–Kier alpha value is -0.100. The van der Waals surface area contributed by atoms with Crippen molar-refractivity contribution in [2.75, 3.05) is 31.8 Å². The summed E-state index contributed by atoms with van der Waals surface area (Å²) in [6.07, 6.45) is 5.47. The molecule has 20 heavy (non-hydrogen) atoms. The molecule has 2 aliphatic rings. The van der Waals surface area contributed by atoms with Crippen LogP contribution in [-0.2, 0) is 14.3 Å². The van der Waals surface area contributed by atoms with Crippen LogP contribution in [0.2, 0.25) is 0 Å². The third-order valence-corrected chi connectivity index (χ3v) is 5.51. The van der Waals surface area contributed by atoms with Crippen molar-refractivity contribution in [2.24, 2.45) is 11.7 Å². The number of ether oxygens (including phenoxy) is 2. The SMILES string of the molecule is COCCCC(N)C(=O)C1CCOC2(CCSCC2)C1. The standard InChI is InChI=1S/C15H27NO3S/c1-18-7-2-3-13(16)14(17)12-4-8-19-15(11-12)5-9-20-10-6-15/h12-13H,2-11,16H2,1H3. The van der Waals surface area contributed by atoms with E-state index in [0.717, 1.165) is 50.0 Å². The molecule has 2 rings (SSSR count). The van der Waals surface area contributed by atoms with E-state index in [2.05, 4.69) is 0 Å². The zero-order valence-corrected chi connectivity index (χ0v) is 13.3. The van der Waals surface area contributed by atoms with E-state index >= 15 is 0 Å². The number of nitrogens with two attached hydrogens (primary N) is 1. The van der Waals surface area contributed by atoms with Crippen LogP contribution in [0, 0.1) is 5.92 Å². The molecule has 2 atom stereocenters. The van der Waals surface area contributed by atoms with Crippen LogP contribution in [0.1, 0.15) is 38.5 Å². The first-order valence-electron chi connectivity index (χ1n) is 7.67. The molecular formula is C15H27NO3S. The van der Waals surface area contributed by atoms with Crippen molar-refractivity contribution in [3.63, 3.8) is 0 Å². The monoisotopic (exact) mass is 301 g/mol. The van der Waals surface area contributed by atoms with Gasteiger partial charge in [-0.2, -0.15) is 11.8 Å². The minimum absolute atomic E-state index is 0.0317. The average Bonchev–Trinajstić information content (AvgIpc) is 2.47. The van der Waals surface area contributed by atoms with Crippen molar-refractivity contribution >= 4 is 17.5 Å². The Labute approximate surface area is 126 Å². The van der Waals surface area contributed by atoms with Crippen molar-refractivity contribution in [1.82, 2.24) is 0 Å². The van der Waals surface area contributed by atoms with Gasteiger partial charge in [-0.05, 0) is 50.0 Å². The van der Waals surface area contributed by atoms with Gasteiger partial charge in [-0.25, -0.2) is 0 Å². The fourth-order valence-electron chi connectivity index (χ4n) is 3.26. The summed E-state index contributed by atoms with van der Waals surface area (Å²) in [7, 11) is 1.68. The first-order valence-corrected chi connectivity index (χ1v) is 8.82. The normalized spacial score (nSPS) is 27.4. The first-order chi connectivity index (χ1) is 9.67. The smallest absolute Gasteiger partial charge is 0.152 e. The van der Waals surface area contributed by atoms with Gasteiger partial charge in [0, 0.05) is 26.2 Å². The zero-order chi connectivity index (χ0) is 14.4. The molecule has 0 aromatic carbocycles. The molecule has 0 bridgehead atoms. The minimum Gasteiger partial charge on any atom is -0.385 e. The molecule has 0 radical (unpaired) electrons. The molecule has 2 aliphatic heterocycles. The molecule has 0 aliphatic carbocycles. The van der Waals surface area contributed by atoms with E-state index in [-0.39, 0.29) is 23.3 Å². The molecular weight excluding hydrogens is 274 g/mol. The van der Waals surface area contributed by atoms with Gasteiger partial charge in [-0.15, -0.1) is 0 Å². The molecule has 5 heteroatoms. The van der Waals surface area contributed by atoms with E-state index in [0.29, 0.717) is 13.2 Å². The van der Waals surface area contributed by atoms with Crippen LogP contribution >= 0.6 is 11.8 Å². The highest BCUT2D eigenvalue weighted by Crippen LogP contribution is 2.40. The number of hydrogen-bond donors (Lipinski definition) is 1. The molecule has 0 amide bonds. The zero-order valence-electron chi connectivity index (χ0n) is 12.4. The Morgan fingerprint density at radius 1 is 1.50 bits per heavy atom. The maximum atomic E-state index is 12.5. The van der Waals surface area contributed by atoms with Crippen LogP contribution in [0.25, 0.3) is 0 Å². The molecule has 2 fully saturated rings. The largest absolute Gasteiger partial charge is 0.385 e. The number of rotatable bonds is 6. The third-order valence-electron chi connectivity index (χ3n) is 4.53. The molecule has 2 saturated heterocycles. The lowest BCUT2D eigenvalue weighted by Gasteiger charge is -2.43. The second-order valence-corrected chi connectivity index (χ2v) is 7.20. The lowest BCUT2D eigenvalue weighted by atomic mass is 9.78. The van der Waals surface area contributed by atoms with Gasteiger partial charge in [-0.1, -0.05) is 0 Å². The quantitative estimate of drug-likeness (QED) is 0.760. The molecule has 0 saturated carbocycles. The second kappa shape index (κ2) is 7.78. The molecule has 2 heterocycles. The third kappa shape index (κ3) is 4.20. The van der Waals surface area contributed by atoms with Crippen LogP contribution in [0.3, 0.4) is 0 Å². The van der Waals surface area contributed by atoms with Gasteiger partial charge >= 0.3 is 0 Å². The Morgan fingerprint density at radius 3 is 2.95 bits per heavy atom. The summed E-state index contributed by atoms with van der Waals surface area (Å²) < 4.78 is 11.1. The lowest BCUT2D eigenvalue weighted by molar-refractivity contribution is -0.139. The number of methoxy groups -OCH3 is 1. The maximum Gasteiger partial charge on any atom is 0.152 e. The summed E-state index contributed by atoms with van der Waals surface area (Å²) in [6.45, 7) is 1.39. The number of Topliss-reactive ketones (excluding diaryl/α,β-unsaturated/α-hetero) is 1. The van der Waals surface area contributed by atoms with Gasteiger partial charge in [0.2, 0.25) is 0 Å². The van der Waals surface area contributed by atoms with Gasteiger partial charge < -0.3 is 15.2 Å². The molecule has 1 spiro atoms. The highest BCUT2D eigenvalue weighted by atomic mass is 32.2. The predicted octanol–water partition coefficient (Wildman–Crippen LogP) is 2.00. The number of ketones is 1. The summed E-state index contributed by atoms with van der Waals surface area (Å²) in [5.74, 6) is 2.65. The maximum absolute atomic E-state index is 12.5. The van der Waals surface area contributed by atoms with E-state index in [1.807, 2.05) is 11.8 Å². The molecule has 2 unspecified atom stereocenters. The van der Waals surface area contributed by atoms with Crippen LogP contribution < -0.4 is 5.73 Å². The van der Waals surface area contributed by atoms with Gasteiger partial charge in [0.25, 0.3) is 0 Å². The van der Waals surface area contributed by atoms with E-state index in [1.54, 1.807) is 7.11 Å². The van der Waals surface area contributed by atoms with Crippen molar-refractivity contribution < 1.29 is 14.3 Å². The number of thioether (sulfide) groups is 1. The number of hydrogen-bond acceptors (Lipinski definition) is 5. The molecule has 2 N–H and O–H groups in total. The van der Waals surface area contributed by atoms with E-state index in [9.17, 15) is 4.79 Å². The number of carbonyl (C=O) groups excluding carboxylic acids is 1. The molecule has 4 nitrogen and oxygen atoms in total. The van der Waals surface area contributed by atoms with Gasteiger partial charge in [0.05, 0.1) is 11.6 Å². The lowest BCUT2D eigenvalue weighted by Crippen LogP contribution is -2.47. The topological polar surface area (TPSA) is 61.5 Å². The number of carbonyl (C=O) groups is 1. The van der Waals surface area contributed by atoms with Crippen molar-refractivity contribution in [3.05, 3.63) is 0 Å². The minimum atomic E-state index is -0.330. The van der Waals surface area contributed by atoms with Crippen LogP contribution in [0.15, 0.2) is 0 Å². The average molecular weight is 301 g/mol. The van der Waals surface area contributed by atoms with E-state index in [4.69, 9.17) is 15.2 Å². The first kappa shape index (κ1) is 16.3. The highest BCUT2D eigenvalue weighted by molar-refractivity contribution is 7.99. The fourth-order valence-corrected chi connectivity index (χ4v) is 4.49. The molecule has 116 valence electrons. The van der Waals surface area contributed by atoms with Crippen LogP contribution in [-0.4, -0.2) is 49.3 Å². The van der Waals surface area contributed by atoms with Crippen LogP contribution in [0.5, 0.6) is 0 Å². The summed E-state index contributed by atoms with van der Waals surface area (Å²) in [4.78, 5) is 12.5. The van der Waals surface area contributed by atoms with Crippen LogP contribution in [0.4, 0.5) is 0 Å². The van der Waals surface area contributed by atoms with Crippen molar-refractivity contribution in [3.8, 4) is 0 Å². The Kier molecular flexibility index (Phi) is 6.33. The van der Waals surface area contributed by atoms with E-state index < -0.39 is 0 Å². The van der Waals surface area contributed by atoms with E-state index in [1.165, 1.54) is 0 Å². The predicted molar refractivity (Wildman–Crippen MR) is 82.1 cm³/mol. The summed E-state index contributed by atoms with van der Waals surface area (Å²) in [6, 6.07) is -0.330. The fraction of sp³-hybridized carbons (Fsp3) is 0.933. The summed E-state index contributed by atoms with van der Waals surface area (Å²) >= 11 is 1.99. The highest BCUT2D eigenvalue weighted by Gasteiger charge is 2.41. The molecule has 0 aromatic heterocycles. The Bertz CT molecular complexity index is 313.